The molecule has 1 rings (SSSR count). The topological polar surface area (TPSA) is 46.3 Å². The summed E-state index contributed by atoms with van der Waals surface area (Å²) in [4.78, 5) is 14.0. The van der Waals surface area contributed by atoms with Crippen molar-refractivity contribution in [3.05, 3.63) is 42.0 Å². The SMILES string of the molecule is C=CCN(CCC)C(=O)c1ccc(N)c(C)c1. The maximum atomic E-state index is 12.2. The minimum atomic E-state index is 0.0369. The van der Waals surface area contributed by atoms with Crippen LogP contribution in [0.3, 0.4) is 0 Å². The molecule has 2 N–H and O–H groups in total. The van der Waals surface area contributed by atoms with Gasteiger partial charge in [0.2, 0.25) is 0 Å². The van der Waals surface area contributed by atoms with E-state index in [2.05, 4.69) is 13.5 Å². The summed E-state index contributed by atoms with van der Waals surface area (Å²) in [5, 5.41) is 0. The van der Waals surface area contributed by atoms with Gasteiger partial charge in [-0.2, -0.15) is 0 Å². The van der Waals surface area contributed by atoms with Crippen LogP contribution in [0.15, 0.2) is 30.9 Å². The lowest BCUT2D eigenvalue weighted by atomic mass is 10.1. The third-order valence-electron chi connectivity index (χ3n) is 2.65. The molecule has 92 valence electrons. The van der Waals surface area contributed by atoms with Gasteiger partial charge in [-0.25, -0.2) is 0 Å². The lowest BCUT2D eigenvalue weighted by molar-refractivity contribution is 0.0774. The first-order valence-electron chi connectivity index (χ1n) is 5.86. The van der Waals surface area contributed by atoms with E-state index in [1.807, 2.05) is 13.0 Å². The maximum absolute atomic E-state index is 12.2. The van der Waals surface area contributed by atoms with Crippen LogP contribution in [0.5, 0.6) is 0 Å². The predicted octanol–water partition coefficient (Wildman–Crippen LogP) is 2.62. The van der Waals surface area contributed by atoms with E-state index < -0.39 is 0 Å². The third-order valence-corrected chi connectivity index (χ3v) is 2.65. The molecule has 1 aromatic rings. The van der Waals surface area contributed by atoms with Crippen molar-refractivity contribution in [2.45, 2.75) is 20.3 Å². The Hall–Kier alpha value is -1.77. The van der Waals surface area contributed by atoms with Crippen LogP contribution in [0.1, 0.15) is 29.3 Å². The van der Waals surface area contributed by atoms with E-state index in [1.165, 1.54) is 0 Å². The number of benzene rings is 1. The van der Waals surface area contributed by atoms with Crippen molar-refractivity contribution in [2.75, 3.05) is 18.8 Å². The van der Waals surface area contributed by atoms with Gasteiger partial charge in [0.25, 0.3) is 5.91 Å². The summed E-state index contributed by atoms with van der Waals surface area (Å²) in [6.07, 6.45) is 2.69. The molecule has 0 fully saturated rings. The second-order valence-corrected chi connectivity index (χ2v) is 4.11. The highest BCUT2D eigenvalue weighted by atomic mass is 16.2. The smallest absolute Gasteiger partial charge is 0.254 e. The summed E-state index contributed by atoms with van der Waals surface area (Å²) in [7, 11) is 0. The Kier molecular flexibility index (Phi) is 4.76. The van der Waals surface area contributed by atoms with Crippen molar-refractivity contribution in [1.82, 2.24) is 4.90 Å². The molecule has 0 radical (unpaired) electrons. The van der Waals surface area contributed by atoms with Crippen LogP contribution in [0.4, 0.5) is 5.69 Å². The average Bonchev–Trinajstić information content (AvgIpc) is 2.31. The zero-order chi connectivity index (χ0) is 12.8. The molecule has 1 amide bonds. The first-order valence-corrected chi connectivity index (χ1v) is 5.86. The molecule has 0 atom stereocenters. The molecule has 0 heterocycles. The summed E-state index contributed by atoms with van der Waals surface area (Å²) < 4.78 is 0. The molecule has 0 aliphatic rings. The number of rotatable bonds is 5. The van der Waals surface area contributed by atoms with E-state index in [9.17, 15) is 4.79 Å². The van der Waals surface area contributed by atoms with Crippen molar-refractivity contribution >= 4 is 11.6 Å². The number of carbonyl (C=O) groups excluding carboxylic acids is 1. The van der Waals surface area contributed by atoms with Crippen molar-refractivity contribution in [3.63, 3.8) is 0 Å². The van der Waals surface area contributed by atoms with Crippen LogP contribution in [-0.2, 0) is 0 Å². The van der Waals surface area contributed by atoms with E-state index in [0.717, 1.165) is 18.5 Å². The van der Waals surface area contributed by atoms with Crippen LogP contribution in [-0.4, -0.2) is 23.9 Å². The highest BCUT2D eigenvalue weighted by molar-refractivity contribution is 5.95. The van der Waals surface area contributed by atoms with Crippen molar-refractivity contribution in [2.24, 2.45) is 0 Å². The number of amides is 1. The Bertz CT molecular complexity index is 413. The molecule has 17 heavy (non-hydrogen) atoms. The molecular weight excluding hydrogens is 212 g/mol. The fourth-order valence-corrected chi connectivity index (χ4v) is 1.69. The van der Waals surface area contributed by atoms with Crippen LogP contribution < -0.4 is 5.73 Å². The van der Waals surface area contributed by atoms with Crippen LogP contribution in [0.2, 0.25) is 0 Å². The summed E-state index contributed by atoms with van der Waals surface area (Å²) in [6, 6.07) is 5.39. The Morgan fingerprint density at radius 1 is 1.53 bits per heavy atom. The Labute approximate surface area is 103 Å². The number of hydrogen-bond donors (Lipinski definition) is 1. The van der Waals surface area contributed by atoms with E-state index in [1.54, 1.807) is 23.1 Å². The van der Waals surface area contributed by atoms with E-state index in [4.69, 9.17) is 5.73 Å². The molecule has 1 aromatic carbocycles. The second kappa shape index (κ2) is 6.09. The third kappa shape index (κ3) is 3.34. The van der Waals surface area contributed by atoms with Gasteiger partial charge in [-0.05, 0) is 37.1 Å². The van der Waals surface area contributed by atoms with E-state index in [-0.39, 0.29) is 5.91 Å². The van der Waals surface area contributed by atoms with Crippen LogP contribution in [0, 0.1) is 6.92 Å². The summed E-state index contributed by atoms with van der Waals surface area (Å²) in [6.45, 7) is 8.96. The van der Waals surface area contributed by atoms with Gasteiger partial charge in [0.1, 0.15) is 0 Å². The monoisotopic (exact) mass is 232 g/mol. The minimum absolute atomic E-state index is 0.0369. The summed E-state index contributed by atoms with van der Waals surface area (Å²) in [5.41, 5.74) is 8.08. The molecule has 3 nitrogen and oxygen atoms in total. The molecule has 3 heteroatoms. The Balaban J connectivity index is 2.92. The number of anilines is 1. The molecule has 0 aliphatic heterocycles. The number of nitrogens with zero attached hydrogens (tertiary/aromatic N) is 1. The quantitative estimate of drug-likeness (QED) is 0.626. The number of nitrogens with two attached hydrogens (primary N) is 1. The van der Waals surface area contributed by atoms with E-state index >= 15 is 0 Å². The number of carbonyl (C=O) groups is 1. The predicted molar refractivity (Wildman–Crippen MR) is 72.0 cm³/mol. The van der Waals surface area contributed by atoms with Gasteiger partial charge in [0.15, 0.2) is 0 Å². The van der Waals surface area contributed by atoms with E-state index in [0.29, 0.717) is 17.8 Å². The number of hydrogen-bond acceptors (Lipinski definition) is 2. The second-order valence-electron chi connectivity index (χ2n) is 4.11. The van der Waals surface area contributed by atoms with Crippen LogP contribution >= 0.6 is 0 Å². The Morgan fingerprint density at radius 2 is 2.24 bits per heavy atom. The number of nitrogen functional groups attached to an aromatic ring is 1. The maximum Gasteiger partial charge on any atom is 0.254 e. The van der Waals surface area contributed by atoms with Gasteiger partial charge in [-0.15, -0.1) is 6.58 Å². The lowest BCUT2D eigenvalue weighted by Gasteiger charge is -2.20. The minimum Gasteiger partial charge on any atom is -0.399 e. The van der Waals surface area contributed by atoms with Gasteiger partial charge >= 0.3 is 0 Å². The summed E-state index contributed by atoms with van der Waals surface area (Å²) >= 11 is 0. The first kappa shape index (κ1) is 13.3. The fourth-order valence-electron chi connectivity index (χ4n) is 1.69. The van der Waals surface area contributed by atoms with Crippen LogP contribution in [0.25, 0.3) is 0 Å². The fraction of sp³-hybridized carbons (Fsp3) is 0.357. The molecule has 0 unspecified atom stereocenters. The Morgan fingerprint density at radius 3 is 2.76 bits per heavy atom. The highest BCUT2D eigenvalue weighted by Gasteiger charge is 2.13. The lowest BCUT2D eigenvalue weighted by Crippen LogP contribution is -2.31. The van der Waals surface area contributed by atoms with Crippen molar-refractivity contribution in [3.8, 4) is 0 Å². The molecule has 0 bridgehead atoms. The molecule has 0 aromatic heterocycles. The molecule has 0 saturated carbocycles. The molecule has 0 saturated heterocycles. The normalized spacial score (nSPS) is 10.0. The largest absolute Gasteiger partial charge is 0.399 e. The highest BCUT2D eigenvalue weighted by Crippen LogP contribution is 2.14. The molecule has 0 aliphatic carbocycles. The zero-order valence-electron chi connectivity index (χ0n) is 10.6. The summed E-state index contributed by atoms with van der Waals surface area (Å²) in [5.74, 6) is 0.0369. The zero-order valence-corrected chi connectivity index (χ0v) is 10.6. The van der Waals surface area contributed by atoms with Crippen molar-refractivity contribution < 1.29 is 4.79 Å². The average molecular weight is 232 g/mol. The first-order chi connectivity index (χ1) is 8.10. The van der Waals surface area contributed by atoms with Gasteiger partial charge in [-0.1, -0.05) is 13.0 Å². The molecular formula is C14H20N2O. The van der Waals surface area contributed by atoms with Crippen molar-refractivity contribution in [1.29, 1.82) is 0 Å². The van der Waals surface area contributed by atoms with Gasteiger partial charge in [0.05, 0.1) is 0 Å². The van der Waals surface area contributed by atoms with Gasteiger partial charge in [-0.3, -0.25) is 4.79 Å². The van der Waals surface area contributed by atoms with Gasteiger partial charge < -0.3 is 10.6 Å². The van der Waals surface area contributed by atoms with Gasteiger partial charge in [0, 0.05) is 24.3 Å². The number of aryl methyl sites for hydroxylation is 1. The molecule has 0 spiro atoms. The standard InChI is InChI=1S/C14H20N2O/c1-4-8-16(9-5-2)14(17)12-6-7-13(15)11(3)10-12/h4,6-7,10H,1,5,8-9,15H2,2-3H3.